The summed E-state index contributed by atoms with van der Waals surface area (Å²) in [6.45, 7) is 2.11. The Hall–Kier alpha value is -1.78. The number of benzene rings is 1. The van der Waals surface area contributed by atoms with Gasteiger partial charge in [0.1, 0.15) is 10.3 Å². The summed E-state index contributed by atoms with van der Waals surface area (Å²) >= 11 is 10.3. The number of carboxylic acid groups (broad SMARTS) is 1. The van der Waals surface area contributed by atoms with Gasteiger partial charge in [-0.25, -0.2) is 0 Å². The molecule has 1 aliphatic rings. The number of aliphatic carboxylic acids is 1. The number of rotatable bonds is 6. The summed E-state index contributed by atoms with van der Waals surface area (Å²) in [6, 6.07) is 1.53. The zero-order chi connectivity index (χ0) is 18.6. The maximum Gasteiger partial charge on any atom is 0.305 e. The lowest BCUT2D eigenvalue weighted by atomic mass is 10.2. The maximum atomic E-state index is 11.6. The number of aromatic hydroxyl groups is 1. The van der Waals surface area contributed by atoms with E-state index in [0.29, 0.717) is 16.6 Å². The molecule has 25 heavy (non-hydrogen) atoms. The van der Waals surface area contributed by atoms with Crippen molar-refractivity contribution >= 4 is 62.6 Å². The van der Waals surface area contributed by atoms with E-state index < -0.39 is 17.1 Å². The first kappa shape index (κ1) is 19.5. The number of nitrogens with one attached hydrogen (secondary N) is 1. The average molecular weight is 451 g/mol. The number of halogens is 2. The van der Waals surface area contributed by atoms with Gasteiger partial charge in [0.05, 0.1) is 19.2 Å². The normalized spacial score (nSPS) is 18.8. The highest BCUT2D eigenvalue weighted by Gasteiger charge is 2.32. The molecule has 134 valence electrons. The van der Waals surface area contributed by atoms with Crippen LogP contribution in [-0.2, 0) is 9.59 Å². The number of hydrogen-bond acceptors (Lipinski definition) is 7. The van der Waals surface area contributed by atoms with E-state index in [1.165, 1.54) is 12.3 Å². The fraction of sp³-hybridized carbons (Fsp3) is 0.286. The molecular weight excluding hydrogens is 438 g/mol. The number of amides is 1. The molecule has 0 saturated carbocycles. The van der Waals surface area contributed by atoms with Gasteiger partial charge in [0.25, 0.3) is 0 Å². The smallest absolute Gasteiger partial charge is 0.305 e. The molecular formula is C14H13BrClN3O5S. The van der Waals surface area contributed by atoms with E-state index in [9.17, 15) is 14.7 Å². The molecule has 8 nitrogen and oxygen atoms in total. The molecule has 11 heteroatoms. The van der Waals surface area contributed by atoms with Crippen LogP contribution in [0.4, 0.5) is 0 Å². The number of carbonyl (C=O) groups excluding carboxylic acids is 1. The molecule has 0 bridgehead atoms. The summed E-state index contributed by atoms with van der Waals surface area (Å²) in [7, 11) is 0. The van der Waals surface area contributed by atoms with Crippen molar-refractivity contribution in [2.75, 3.05) is 6.61 Å². The minimum Gasteiger partial charge on any atom is -0.503 e. The van der Waals surface area contributed by atoms with E-state index in [0.717, 1.165) is 11.8 Å². The first-order valence-electron chi connectivity index (χ1n) is 6.97. The number of phenols is 1. The van der Waals surface area contributed by atoms with Gasteiger partial charge in [0.2, 0.25) is 5.91 Å². The number of carbonyl (C=O) groups is 2. The van der Waals surface area contributed by atoms with Crippen LogP contribution < -0.4 is 10.1 Å². The minimum absolute atomic E-state index is 0.0742. The number of ether oxygens (including phenoxy) is 1. The Morgan fingerprint density at radius 3 is 2.96 bits per heavy atom. The van der Waals surface area contributed by atoms with E-state index in [-0.39, 0.29) is 28.1 Å². The third kappa shape index (κ3) is 4.86. The van der Waals surface area contributed by atoms with Crippen LogP contribution in [-0.4, -0.2) is 45.3 Å². The Bertz CT molecular complexity index is 771. The highest BCUT2D eigenvalue weighted by Crippen LogP contribution is 2.41. The van der Waals surface area contributed by atoms with Gasteiger partial charge in [-0.3, -0.25) is 9.59 Å². The summed E-state index contributed by atoms with van der Waals surface area (Å²) < 4.78 is 5.70. The molecule has 1 fully saturated rings. The first-order valence-corrected chi connectivity index (χ1v) is 9.02. The molecule has 0 radical (unpaired) electrons. The predicted molar refractivity (Wildman–Crippen MR) is 98.8 cm³/mol. The van der Waals surface area contributed by atoms with Crippen LogP contribution in [0.5, 0.6) is 11.5 Å². The number of carboxylic acids is 1. The van der Waals surface area contributed by atoms with Gasteiger partial charge in [0.15, 0.2) is 16.7 Å². The topological polar surface area (TPSA) is 121 Å². The van der Waals surface area contributed by atoms with Crippen molar-refractivity contribution < 1.29 is 24.5 Å². The maximum absolute atomic E-state index is 11.6. The molecule has 1 aliphatic heterocycles. The molecule has 1 saturated heterocycles. The van der Waals surface area contributed by atoms with Crippen molar-refractivity contribution in [2.24, 2.45) is 10.2 Å². The number of hydrogen-bond donors (Lipinski definition) is 3. The van der Waals surface area contributed by atoms with Crippen LogP contribution in [0, 0.1) is 0 Å². The van der Waals surface area contributed by atoms with Crippen LogP contribution in [0.25, 0.3) is 0 Å². The number of phenolic OH excluding ortho intramolecular Hbond substituents is 1. The Labute approximate surface area is 160 Å². The zero-order valence-corrected chi connectivity index (χ0v) is 16.0. The predicted octanol–water partition coefficient (Wildman–Crippen LogP) is 2.60. The van der Waals surface area contributed by atoms with Gasteiger partial charge < -0.3 is 20.3 Å². The first-order chi connectivity index (χ1) is 11.8. The van der Waals surface area contributed by atoms with E-state index in [1.54, 1.807) is 6.92 Å². The molecule has 1 unspecified atom stereocenters. The summed E-state index contributed by atoms with van der Waals surface area (Å²) in [5, 5.41) is 28.4. The van der Waals surface area contributed by atoms with Crippen LogP contribution in [0.1, 0.15) is 18.9 Å². The van der Waals surface area contributed by atoms with E-state index >= 15 is 0 Å². The van der Waals surface area contributed by atoms with Gasteiger partial charge in [-0.05, 0) is 28.9 Å². The molecule has 1 aromatic rings. The minimum atomic E-state index is -1.07. The van der Waals surface area contributed by atoms with Crippen molar-refractivity contribution in [3.8, 4) is 11.5 Å². The molecule has 1 aromatic carbocycles. The van der Waals surface area contributed by atoms with E-state index in [1.807, 2.05) is 0 Å². The summed E-state index contributed by atoms with van der Waals surface area (Å²) in [5.74, 6) is -1.47. The Kier molecular flexibility index (Phi) is 6.68. The second-order valence-electron chi connectivity index (χ2n) is 4.72. The highest BCUT2D eigenvalue weighted by molar-refractivity contribution is 9.10. The third-order valence-corrected chi connectivity index (χ3v) is 5.48. The van der Waals surface area contributed by atoms with Crippen molar-refractivity contribution in [1.29, 1.82) is 0 Å². The van der Waals surface area contributed by atoms with E-state index in [2.05, 4.69) is 31.4 Å². The summed E-state index contributed by atoms with van der Waals surface area (Å²) in [4.78, 5) is 22.3. The van der Waals surface area contributed by atoms with Crippen LogP contribution in [0.15, 0.2) is 20.7 Å². The summed E-state index contributed by atoms with van der Waals surface area (Å²) in [6.07, 6.45) is 1.07. The standard InChI is InChI=1S/C14H13BrClN3O5S/c1-2-24-7-3-6(10(15)11(16)12(7)22)5-17-19-14-18-13(23)8(25-14)4-9(20)21/h3,5,8,22H,2,4H2,1H3,(H,20,21)(H,18,19,23). The highest BCUT2D eigenvalue weighted by atomic mass is 79.9. The van der Waals surface area contributed by atoms with Gasteiger partial charge in [0, 0.05) is 10.0 Å². The Balaban J connectivity index is 2.17. The average Bonchev–Trinajstić information content (AvgIpc) is 2.88. The Morgan fingerprint density at radius 1 is 1.60 bits per heavy atom. The van der Waals surface area contributed by atoms with Crippen LogP contribution in [0.2, 0.25) is 5.02 Å². The van der Waals surface area contributed by atoms with Crippen LogP contribution >= 0.6 is 39.3 Å². The van der Waals surface area contributed by atoms with E-state index in [4.69, 9.17) is 21.4 Å². The monoisotopic (exact) mass is 449 g/mol. The molecule has 1 amide bonds. The molecule has 3 N–H and O–H groups in total. The zero-order valence-electron chi connectivity index (χ0n) is 12.8. The van der Waals surface area contributed by atoms with Gasteiger partial charge in [-0.2, -0.15) is 5.10 Å². The fourth-order valence-corrected chi connectivity index (χ4v) is 3.38. The van der Waals surface area contributed by atoms with Gasteiger partial charge >= 0.3 is 5.97 Å². The molecule has 0 aromatic heterocycles. The lowest BCUT2D eigenvalue weighted by Crippen LogP contribution is -2.26. The molecule has 0 spiro atoms. The number of thioether (sulfide) groups is 1. The Morgan fingerprint density at radius 2 is 2.32 bits per heavy atom. The third-order valence-electron chi connectivity index (χ3n) is 2.96. The summed E-state index contributed by atoms with van der Waals surface area (Å²) in [5.41, 5.74) is 0.506. The van der Waals surface area contributed by atoms with Crippen molar-refractivity contribution in [2.45, 2.75) is 18.6 Å². The fourth-order valence-electron chi connectivity index (χ4n) is 1.86. The quantitative estimate of drug-likeness (QED) is 0.452. The van der Waals surface area contributed by atoms with Crippen molar-refractivity contribution in [1.82, 2.24) is 5.32 Å². The molecule has 1 heterocycles. The van der Waals surface area contributed by atoms with Crippen molar-refractivity contribution in [3.63, 3.8) is 0 Å². The number of amidine groups is 1. The SMILES string of the molecule is CCOc1cc(C=NN=C2NC(=O)C(CC(=O)O)S2)c(Br)c(Cl)c1O. The lowest BCUT2D eigenvalue weighted by molar-refractivity contribution is -0.138. The molecule has 1 atom stereocenters. The molecule has 2 rings (SSSR count). The van der Waals surface area contributed by atoms with Gasteiger partial charge in [-0.15, -0.1) is 5.10 Å². The largest absolute Gasteiger partial charge is 0.503 e. The second-order valence-corrected chi connectivity index (χ2v) is 7.08. The van der Waals surface area contributed by atoms with Crippen molar-refractivity contribution in [3.05, 3.63) is 21.1 Å². The second kappa shape index (κ2) is 8.54. The lowest BCUT2D eigenvalue weighted by Gasteiger charge is -2.10. The van der Waals surface area contributed by atoms with Gasteiger partial charge in [-0.1, -0.05) is 23.4 Å². The number of nitrogens with zero attached hydrogens (tertiary/aromatic N) is 2. The van der Waals surface area contributed by atoms with Crippen LogP contribution in [0.3, 0.4) is 0 Å². The molecule has 0 aliphatic carbocycles.